The molecule has 1 atom stereocenters. The first-order valence-corrected chi connectivity index (χ1v) is 12.5. The first-order chi connectivity index (χ1) is 18.2. The molecule has 38 heavy (non-hydrogen) atoms. The molecule has 10 heteroatoms. The molecule has 0 unspecified atom stereocenters. The molecule has 6 nitrogen and oxygen atoms in total. The van der Waals surface area contributed by atoms with Crippen molar-refractivity contribution in [3.63, 3.8) is 0 Å². The number of carbonyl (C=O) groups is 1. The third-order valence-corrected chi connectivity index (χ3v) is 6.39. The Labute approximate surface area is 223 Å². The number of alkyl halides is 3. The molecule has 0 saturated heterocycles. The molecule has 4 rings (SSSR count). The molecule has 0 aliphatic rings. The highest BCUT2D eigenvalue weighted by atomic mass is 35.5. The number of rotatable bonds is 10. The van der Waals surface area contributed by atoms with Crippen LogP contribution >= 0.6 is 11.6 Å². The molecule has 0 fully saturated rings. The van der Waals surface area contributed by atoms with Crippen LogP contribution in [-0.2, 0) is 6.18 Å². The van der Waals surface area contributed by atoms with Gasteiger partial charge in [0.2, 0.25) is 0 Å². The SMILES string of the molecule is Cc1c(C(=O)N[C@@H](CCCCNc2ccccn2)c2cccc(C(F)(F)F)c2)cnn1-c1ccc(Cl)cc1. The standard InChI is InChI=1S/C28H27ClF3N5O/c1-19-24(18-35-37(19)23-13-11-22(29)12-14-23)27(38)36-25(20-7-6-8-21(17-20)28(30,31)32)9-2-4-15-33-26-10-3-5-16-34-26/h3,5-8,10-14,16-18,25H,2,4,9,15H2,1H3,(H,33,34)(H,36,38)/t25-/m0/s1. The molecule has 2 N–H and O–H groups in total. The Morgan fingerprint density at radius 3 is 2.55 bits per heavy atom. The van der Waals surface area contributed by atoms with Gasteiger partial charge in [-0.05, 0) is 80.3 Å². The minimum absolute atomic E-state index is 0.341. The Hall–Kier alpha value is -3.85. The van der Waals surface area contributed by atoms with Crippen LogP contribution in [0.3, 0.4) is 0 Å². The molecule has 0 radical (unpaired) electrons. The number of halogens is 4. The van der Waals surface area contributed by atoms with Crippen molar-refractivity contribution in [3.05, 3.63) is 107 Å². The van der Waals surface area contributed by atoms with Crippen LogP contribution < -0.4 is 10.6 Å². The Morgan fingerprint density at radius 1 is 1.05 bits per heavy atom. The van der Waals surface area contributed by atoms with Crippen LogP contribution in [0.4, 0.5) is 19.0 Å². The molecule has 0 bridgehead atoms. The lowest BCUT2D eigenvalue weighted by Crippen LogP contribution is -2.29. The van der Waals surface area contributed by atoms with Gasteiger partial charge in [0.1, 0.15) is 5.82 Å². The van der Waals surface area contributed by atoms with Gasteiger partial charge in [0.05, 0.1) is 34.7 Å². The molecule has 0 aliphatic heterocycles. The maximum Gasteiger partial charge on any atom is 0.416 e. The number of hydrogen-bond acceptors (Lipinski definition) is 4. The van der Waals surface area contributed by atoms with Crippen molar-refractivity contribution in [2.24, 2.45) is 0 Å². The van der Waals surface area contributed by atoms with E-state index in [1.165, 1.54) is 12.3 Å². The lowest BCUT2D eigenvalue weighted by molar-refractivity contribution is -0.137. The number of pyridine rings is 1. The van der Waals surface area contributed by atoms with Crippen molar-refractivity contribution < 1.29 is 18.0 Å². The normalized spacial score (nSPS) is 12.2. The Kier molecular flexibility index (Phi) is 8.68. The second kappa shape index (κ2) is 12.1. The predicted octanol–water partition coefficient (Wildman–Crippen LogP) is 7.00. The predicted molar refractivity (Wildman–Crippen MR) is 142 cm³/mol. The van der Waals surface area contributed by atoms with Gasteiger partial charge in [-0.15, -0.1) is 0 Å². The summed E-state index contributed by atoms with van der Waals surface area (Å²) in [6, 6.07) is 17.1. The zero-order chi connectivity index (χ0) is 27.1. The number of aromatic nitrogens is 3. The van der Waals surface area contributed by atoms with Gasteiger partial charge in [0.25, 0.3) is 5.91 Å². The van der Waals surface area contributed by atoms with E-state index in [2.05, 4.69) is 20.7 Å². The summed E-state index contributed by atoms with van der Waals surface area (Å²) in [6.45, 7) is 2.41. The van der Waals surface area contributed by atoms with Crippen molar-refractivity contribution in [2.75, 3.05) is 11.9 Å². The van der Waals surface area contributed by atoms with Crippen molar-refractivity contribution in [1.29, 1.82) is 0 Å². The molecule has 4 aromatic rings. The van der Waals surface area contributed by atoms with E-state index in [4.69, 9.17) is 11.6 Å². The van der Waals surface area contributed by atoms with Gasteiger partial charge in [-0.1, -0.05) is 29.8 Å². The maximum absolute atomic E-state index is 13.4. The van der Waals surface area contributed by atoms with E-state index in [1.807, 2.05) is 18.2 Å². The molecule has 1 amide bonds. The molecule has 2 heterocycles. The van der Waals surface area contributed by atoms with Crippen molar-refractivity contribution in [3.8, 4) is 5.69 Å². The second-order valence-corrected chi connectivity index (χ2v) is 9.26. The van der Waals surface area contributed by atoms with Gasteiger partial charge in [-0.25, -0.2) is 9.67 Å². The van der Waals surface area contributed by atoms with E-state index < -0.39 is 23.7 Å². The highest BCUT2D eigenvalue weighted by molar-refractivity contribution is 6.30. The summed E-state index contributed by atoms with van der Waals surface area (Å²) in [6.07, 6.45) is 0.548. The van der Waals surface area contributed by atoms with Crippen LogP contribution in [-0.4, -0.2) is 27.2 Å². The number of unbranched alkanes of at least 4 members (excludes halogenated alkanes) is 1. The van der Waals surface area contributed by atoms with Crippen LogP contribution in [0.1, 0.15) is 52.5 Å². The largest absolute Gasteiger partial charge is 0.416 e. The highest BCUT2D eigenvalue weighted by Crippen LogP contribution is 2.32. The molecule has 198 valence electrons. The fraction of sp³-hybridized carbons (Fsp3) is 0.250. The van der Waals surface area contributed by atoms with E-state index in [1.54, 1.807) is 48.1 Å². The fourth-order valence-corrected chi connectivity index (χ4v) is 4.25. The van der Waals surface area contributed by atoms with Gasteiger partial charge in [0.15, 0.2) is 0 Å². The number of hydrogen-bond donors (Lipinski definition) is 2. The second-order valence-electron chi connectivity index (χ2n) is 8.82. The minimum Gasteiger partial charge on any atom is -0.370 e. The Balaban J connectivity index is 1.49. The zero-order valence-corrected chi connectivity index (χ0v) is 21.4. The number of anilines is 1. The molecule has 0 spiro atoms. The Morgan fingerprint density at radius 2 is 1.84 bits per heavy atom. The van der Waals surface area contributed by atoms with Gasteiger partial charge >= 0.3 is 6.18 Å². The van der Waals surface area contributed by atoms with Crippen molar-refractivity contribution >= 4 is 23.3 Å². The molecule has 2 aromatic heterocycles. The summed E-state index contributed by atoms with van der Waals surface area (Å²) < 4.78 is 41.8. The molecular weight excluding hydrogens is 515 g/mol. The van der Waals surface area contributed by atoms with Gasteiger partial charge in [-0.3, -0.25) is 4.79 Å². The summed E-state index contributed by atoms with van der Waals surface area (Å²) in [5.41, 5.74) is 1.33. The lowest BCUT2D eigenvalue weighted by Gasteiger charge is -2.21. The molecule has 2 aromatic carbocycles. The average molecular weight is 542 g/mol. The number of nitrogens with zero attached hydrogens (tertiary/aromatic N) is 3. The fourth-order valence-electron chi connectivity index (χ4n) is 4.12. The first kappa shape index (κ1) is 27.2. The van der Waals surface area contributed by atoms with Crippen LogP contribution in [0.2, 0.25) is 5.02 Å². The monoisotopic (exact) mass is 541 g/mol. The highest BCUT2D eigenvalue weighted by Gasteiger charge is 2.31. The Bertz CT molecular complexity index is 1360. The lowest BCUT2D eigenvalue weighted by atomic mass is 9.98. The van der Waals surface area contributed by atoms with Gasteiger partial charge < -0.3 is 10.6 Å². The maximum atomic E-state index is 13.4. The summed E-state index contributed by atoms with van der Waals surface area (Å²) >= 11 is 5.97. The van der Waals surface area contributed by atoms with E-state index in [-0.39, 0.29) is 0 Å². The van der Waals surface area contributed by atoms with Crippen LogP contribution in [0.15, 0.2) is 79.1 Å². The van der Waals surface area contributed by atoms with Crippen LogP contribution in [0, 0.1) is 6.92 Å². The quantitative estimate of drug-likeness (QED) is 0.212. The minimum atomic E-state index is -4.48. The number of carbonyl (C=O) groups excluding carboxylic acids is 1. The summed E-state index contributed by atoms with van der Waals surface area (Å²) in [4.78, 5) is 17.5. The van der Waals surface area contributed by atoms with E-state index in [9.17, 15) is 18.0 Å². The summed E-state index contributed by atoms with van der Waals surface area (Å²) in [5, 5.41) is 11.1. The summed E-state index contributed by atoms with van der Waals surface area (Å²) in [5.74, 6) is 0.347. The zero-order valence-electron chi connectivity index (χ0n) is 20.7. The van der Waals surface area contributed by atoms with Crippen molar-refractivity contribution in [1.82, 2.24) is 20.1 Å². The van der Waals surface area contributed by atoms with Crippen molar-refractivity contribution in [2.45, 2.75) is 38.4 Å². The number of amides is 1. The first-order valence-electron chi connectivity index (χ1n) is 12.2. The van der Waals surface area contributed by atoms with Crippen LogP contribution in [0.25, 0.3) is 5.69 Å². The van der Waals surface area contributed by atoms with Crippen LogP contribution in [0.5, 0.6) is 0 Å². The third kappa shape index (κ3) is 6.92. The molecular formula is C28H27ClF3N5O. The van der Waals surface area contributed by atoms with E-state index >= 15 is 0 Å². The molecule has 0 aliphatic carbocycles. The topological polar surface area (TPSA) is 71.8 Å². The molecule has 0 saturated carbocycles. The average Bonchev–Trinajstić information content (AvgIpc) is 3.29. The number of benzene rings is 2. The third-order valence-electron chi connectivity index (χ3n) is 6.14. The van der Waals surface area contributed by atoms with E-state index in [0.717, 1.165) is 30.1 Å². The van der Waals surface area contributed by atoms with Gasteiger partial charge in [0, 0.05) is 17.8 Å². The smallest absolute Gasteiger partial charge is 0.370 e. The van der Waals surface area contributed by atoms with Gasteiger partial charge in [-0.2, -0.15) is 18.3 Å². The number of nitrogens with one attached hydrogen (secondary N) is 2. The summed E-state index contributed by atoms with van der Waals surface area (Å²) in [7, 11) is 0. The van der Waals surface area contributed by atoms with E-state index in [0.29, 0.717) is 41.2 Å².